The molecule has 1 fully saturated rings. The maximum absolute atomic E-state index is 9.58. The van der Waals surface area contributed by atoms with Crippen LogP contribution in [0.2, 0.25) is 0 Å². The van der Waals surface area contributed by atoms with E-state index in [0.29, 0.717) is 6.04 Å². The van der Waals surface area contributed by atoms with Crippen LogP contribution in [0.5, 0.6) is 0 Å². The van der Waals surface area contributed by atoms with Crippen LogP contribution >= 0.6 is 0 Å². The standard InChI is InChI=1S/C15H20N4O/c1-10-16-15(19-18-10)13-4-2-3-5-14(13)17-11-6-8-12(20)9-7-11/h2-5,11-12,17,20H,6-9H2,1H3,(H,16,18,19). The first-order chi connectivity index (χ1) is 9.72. The molecule has 0 atom stereocenters. The van der Waals surface area contributed by atoms with Crippen molar-refractivity contribution in [1.82, 2.24) is 15.2 Å². The van der Waals surface area contributed by atoms with Crippen LogP contribution < -0.4 is 5.32 Å². The van der Waals surface area contributed by atoms with Gasteiger partial charge in [-0.2, -0.15) is 5.10 Å². The molecule has 2 aromatic rings. The molecule has 5 heteroatoms. The number of anilines is 1. The molecule has 1 heterocycles. The number of hydrogen-bond acceptors (Lipinski definition) is 4. The third-order valence-corrected chi connectivity index (χ3v) is 3.82. The molecule has 1 aromatic carbocycles. The summed E-state index contributed by atoms with van der Waals surface area (Å²) in [5.74, 6) is 1.54. The van der Waals surface area contributed by atoms with E-state index in [4.69, 9.17) is 0 Å². The summed E-state index contributed by atoms with van der Waals surface area (Å²) in [6.45, 7) is 1.90. The zero-order valence-corrected chi connectivity index (χ0v) is 11.6. The van der Waals surface area contributed by atoms with Gasteiger partial charge in [0.05, 0.1) is 6.10 Å². The highest BCUT2D eigenvalue weighted by molar-refractivity contribution is 5.73. The molecule has 0 bridgehead atoms. The number of aromatic nitrogens is 3. The quantitative estimate of drug-likeness (QED) is 0.802. The molecular formula is C15H20N4O. The van der Waals surface area contributed by atoms with Crippen molar-refractivity contribution in [2.45, 2.75) is 44.8 Å². The van der Waals surface area contributed by atoms with Crippen molar-refractivity contribution in [2.75, 3.05) is 5.32 Å². The summed E-state index contributed by atoms with van der Waals surface area (Å²) in [7, 11) is 0. The molecule has 1 aliphatic carbocycles. The van der Waals surface area contributed by atoms with E-state index >= 15 is 0 Å². The van der Waals surface area contributed by atoms with E-state index in [9.17, 15) is 5.11 Å². The molecule has 1 aromatic heterocycles. The summed E-state index contributed by atoms with van der Waals surface area (Å²) in [5, 5.41) is 20.3. The average molecular weight is 272 g/mol. The summed E-state index contributed by atoms with van der Waals surface area (Å²) in [6, 6.07) is 8.52. The number of nitrogens with one attached hydrogen (secondary N) is 2. The van der Waals surface area contributed by atoms with E-state index in [0.717, 1.165) is 48.6 Å². The summed E-state index contributed by atoms with van der Waals surface area (Å²) >= 11 is 0. The largest absolute Gasteiger partial charge is 0.393 e. The SMILES string of the molecule is Cc1nc(-c2ccccc2NC2CCC(O)CC2)n[nH]1. The molecule has 20 heavy (non-hydrogen) atoms. The Labute approximate surface area is 118 Å². The Morgan fingerprint density at radius 2 is 1.95 bits per heavy atom. The van der Waals surface area contributed by atoms with Gasteiger partial charge >= 0.3 is 0 Å². The van der Waals surface area contributed by atoms with Gasteiger partial charge in [-0.1, -0.05) is 12.1 Å². The molecule has 0 amide bonds. The maximum Gasteiger partial charge on any atom is 0.183 e. The normalized spacial score (nSPS) is 22.7. The van der Waals surface area contributed by atoms with E-state index in [2.05, 4.69) is 26.6 Å². The van der Waals surface area contributed by atoms with Crippen LogP contribution in [0.1, 0.15) is 31.5 Å². The molecule has 0 unspecified atom stereocenters. The Morgan fingerprint density at radius 1 is 1.20 bits per heavy atom. The summed E-state index contributed by atoms with van der Waals surface area (Å²) in [5.41, 5.74) is 2.08. The summed E-state index contributed by atoms with van der Waals surface area (Å²) in [4.78, 5) is 4.40. The van der Waals surface area contributed by atoms with Crippen LogP contribution in [0, 0.1) is 6.92 Å². The zero-order valence-electron chi connectivity index (χ0n) is 11.6. The van der Waals surface area contributed by atoms with Gasteiger partial charge in [0, 0.05) is 17.3 Å². The van der Waals surface area contributed by atoms with E-state index in [1.165, 1.54) is 0 Å². The van der Waals surface area contributed by atoms with Crippen molar-refractivity contribution in [2.24, 2.45) is 0 Å². The fourth-order valence-electron chi connectivity index (χ4n) is 2.71. The van der Waals surface area contributed by atoms with Gasteiger partial charge in [-0.15, -0.1) is 0 Å². The Morgan fingerprint density at radius 3 is 2.65 bits per heavy atom. The molecule has 3 rings (SSSR count). The number of aliphatic hydroxyl groups excluding tert-OH is 1. The third-order valence-electron chi connectivity index (χ3n) is 3.82. The van der Waals surface area contributed by atoms with Crippen LogP contribution in [0.15, 0.2) is 24.3 Å². The molecule has 1 saturated carbocycles. The van der Waals surface area contributed by atoms with Crippen molar-refractivity contribution >= 4 is 5.69 Å². The van der Waals surface area contributed by atoms with Gasteiger partial charge in [-0.25, -0.2) is 4.98 Å². The van der Waals surface area contributed by atoms with Gasteiger partial charge in [0.15, 0.2) is 5.82 Å². The fraction of sp³-hybridized carbons (Fsp3) is 0.467. The molecule has 0 radical (unpaired) electrons. The van der Waals surface area contributed by atoms with E-state index < -0.39 is 0 Å². The Kier molecular flexibility index (Phi) is 3.69. The van der Waals surface area contributed by atoms with Gasteiger partial charge in [0.2, 0.25) is 0 Å². The summed E-state index contributed by atoms with van der Waals surface area (Å²) < 4.78 is 0. The van der Waals surface area contributed by atoms with Crippen LogP contribution in [0.3, 0.4) is 0 Å². The third kappa shape index (κ3) is 2.82. The Bertz CT molecular complexity index is 573. The van der Waals surface area contributed by atoms with Crippen LogP contribution in [0.25, 0.3) is 11.4 Å². The molecule has 1 aliphatic rings. The number of rotatable bonds is 3. The van der Waals surface area contributed by atoms with Gasteiger partial charge in [-0.05, 0) is 44.7 Å². The van der Waals surface area contributed by atoms with E-state index in [-0.39, 0.29) is 6.10 Å². The molecule has 0 saturated heterocycles. The number of benzene rings is 1. The highest BCUT2D eigenvalue weighted by Gasteiger charge is 2.20. The smallest absolute Gasteiger partial charge is 0.183 e. The number of aromatic amines is 1. The number of hydrogen-bond donors (Lipinski definition) is 3. The lowest BCUT2D eigenvalue weighted by molar-refractivity contribution is 0.126. The number of H-pyrrole nitrogens is 1. The molecule has 5 nitrogen and oxygen atoms in total. The van der Waals surface area contributed by atoms with Gasteiger partial charge in [-0.3, -0.25) is 5.10 Å². The monoisotopic (exact) mass is 272 g/mol. The predicted molar refractivity (Wildman–Crippen MR) is 78.4 cm³/mol. The lowest BCUT2D eigenvalue weighted by Gasteiger charge is -2.27. The zero-order chi connectivity index (χ0) is 13.9. The second-order valence-electron chi connectivity index (χ2n) is 5.44. The average Bonchev–Trinajstić information content (AvgIpc) is 2.88. The second-order valence-corrected chi connectivity index (χ2v) is 5.44. The van der Waals surface area contributed by atoms with Crippen molar-refractivity contribution in [3.8, 4) is 11.4 Å². The van der Waals surface area contributed by atoms with Crippen LogP contribution in [-0.4, -0.2) is 32.4 Å². The number of nitrogens with zero attached hydrogens (tertiary/aromatic N) is 2. The minimum atomic E-state index is -0.126. The number of aliphatic hydroxyl groups is 1. The highest BCUT2D eigenvalue weighted by Crippen LogP contribution is 2.28. The van der Waals surface area contributed by atoms with Crippen LogP contribution in [-0.2, 0) is 0 Å². The van der Waals surface area contributed by atoms with Gasteiger partial charge < -0.3 is 10.4 Å². The van der Waals surface area contributed by atoms with Gasteiger partial charge in [0.25, 0.3) is 0 Å². The topological polar surface area (TPSA) is 73.8 Å². The minimum Gasteiger partial charge on any atom is -0.393 e. The van der Waals surface area contributed by atoms with Crippen molar-refractivity contribution in [3.63, 3.8) is 0 Å². The Hall–Kier alpha value is -1.88. The molecule has 0 spiro atoms. The van der Waals surface area contributed by atoms with Crippen molar-refractivity contribution < 1.29 is 5.11 Å². The van der Waals surface area contributed by atoms with E-state index in [1.54, 1.807) is 0 Å². The molecule has 0 aliphatic heterocycles. The molecule has 106 valence electrons. The first-order valence-corrected chi connectivity index (χ1v) is 7.15. The number of aryl methyl sites for hydroxylation is 1. The van der Waals surface area contributed by atoms with Crippen molar-refractivity contribution in [3.05, 3.63) is 30.1 Å². The Balaban J connectivity index is 1.80. The summed E-state index contributed by atoms with van der Waals surface area (Å²) in [6.07, 6.45) is 3.63. The lowest BCUT2D eigenvalue weighted by Crippen LogP contribution is -2.28. The first kappa shape index (κ1) is 13.1. The predicted octanol–water partition coefficient (Wildman–Crippen LogP) is 2.50. The lowest BCUT2D eigenvalue weighted by atomic mass is 9.93. The van der Waals surface area contributed by atoms with Crippen molar-refractivity contribution in [1.29, 1.82) is 0 Å². The molecular weight excluding hydrogens is 252 g/mol. The van der Waals surface area contributed by atoms with Gasteiger partial charge in [0.1, 0.15) is 5.82 Å². The van der Waals surface area contributed by atoms with Crippen LogP contribution in [0.4, 0.5) is 5.69 Å². The second kappa shape index (κ2) is 5.63. The fourth-order valence-corrected chi connectivity index (χ4v) is 2.71. The number of para-hydroxylation sites is 1. The first-order valence-electron chi connectivity index (χ1n) is 7.15. The van der Waals surface area contributed by atoms with E-state index in [1.807, 2.05) is 25.1 Å². The minimum absolute atomic E-state index is 0.126. The highest BCUT2D eigenvalue weighted by atomic mass is 16.3. The maximum atomic E-state index is 9.58. The molecule has 3 N–H and O–H groups in total.